The molecule has 2 N–H and O–H groups in total. The van der Waals surface area contributed by atoms with Crippen molar-refractivity contribution in [3.8, 4) is 0 Å². The predicted molar refractivity (Wildman–Crippen MR) is 97.4 cm³/mol. The average molecular weight is 325 g/mol. The molecular weight excluding hydrogens is 302 g/mol. The Bertz CT molecular complexity index is 709. The minimum atomic E-state index is -0.163. The fraction of sp³-hybridized carbons (Fsp3) is 0.263. The first kappa shape index (κ1) is 17.5. The Morgan fingerprint density at radius 1 is 1.00 bits per heavy atom. The normalized spacial score (nSPS) is 10.1. The van der Waals surface area contributed by atoms with Gasteiger partial charge in [0.25, 0.3) is 5.91 Å². The molecule has 0 aliphatic rings. The van der Waals surface area contributed by atoms with Crippen LogP contribution in [-0.2, 0) is 11.2 Å². The Morgan fingerprint density at radius 3 is 2.33 bits per heavy atom. The van der Waals surface area contributed by atoms with Crippen molar-refractivity contribution in [2.45, 2.75) is 13.3 Å². The van der Waals surface area contributed by atoms with Crippen LogP contribution < -0.4 is 10.6 Å². The van der Waals surface area contributed by atoms with Gasteiger partial charge in [-0.25, -0.2) is 0 Å². The van der Waals surface area contributed by atoms with Crippen LogP contribution in [0.2, 0.25) is 0 Å². The summed E-state index contributed by atoms with van der Waals surface area (Å²) in [5, 5.41) is 5.88. The Hall–Kier alpha value is -2.82. The number of aryl methyl sites for hydroxylation is 1. The van der Waals surface area contributed by atoms with Crippen molar-refractivity contribution < 1.29 is 9.59 Å². The first-order chi connectivity index (χ1) is 11.5. The van der Waals surface area contributed by atoms with Crippen molar-refractivity contribution in [2.75, 3.05) is 31.3 Å². The second-order valence-electron chi connectivity index (χ2n) is 5.73. The van der Waals surface area contributed by atoms with Gasteiger partial charge >= 0.3 is 0 Å². The molecule has 0 unspecified atom stereocenters. The largest absolute Gasteiger partial charge is 0.376 e. The molecule has 2 amide bonds. The zero-order valence-electron chi connectivity index (χ0n) is 14.3. The summed E-state index contributed by atoms with van der Waals surface area (Å²) in [6, 6.07) is 14.9. The number of rotatable bonds is 6. The van der Waals surface area contributed by atoms with Crippen molar-refractivity contribution in [3.05, 3.63) is 59.7 Å². The molecule has 2 rings (SSSR count). The van der Waals surface area contributed by atoms with Crippen molar-refractivity contribution in [1.82, 2.24) is 4.90 Å². The van der Waals surface area contributed by atoms with E-state index in [-0.39, 0.29) is 18.4 Å². The van der Waals surface area contributed by atoms with Gasteiger partial charge in [0, 0.05) is 31.0 Å². The number of hydrogen-bond donors (Lipinski definition) is 2. The van der Waals surface area contributed by atoms with Gasteiger partial charge in [-0.3, -0.25) is 9.59 Å². The monoisotopic (exact) mass is 325 g/mol. The van der Waals surface area contributed by atoms with Gasteiger partial charge in [0.15, 0.2) is 0 Å². The molecular formula is C19H23N3O2. The zero-order chi connectivity index (χ0) is 17.5. The number of nitrogens with zero attached hydrogens (tertiary/aromatic N) is 1. The van der Waals surface area contributed by atoms with Crippen LogP contribution in [0.4, 0.5) is 11.4 Å². The molecule has 0 aliphatic heterocycles. The number of anilines is 2. The molecule has 126 valence electrons. The summed E-state index contributed by atoms with van der Waals surface area (Å²) in [6.45, 7) is 2.27. The molecule has 0 saturated carbocycles. The van der Waals surface area contributed by atoms with Gasteiger partial charge in [0.2, 0.25) is 5.91 Å². The van der Waals surface area contributed by atoms with Crippen LogP contribution in [0.15, 0.2) is 48.5 Å². The van der Waals surface area contributed by atoms with Crippen LogP contribution in [-0.4, -0.2) is 37.4 Å². The molecule has 2 aromatic rings. The second-order valence-corrected chi connectivity index (χ2v) is 5.73. The second kappa shape index (κ2) is 8.15. The molecule has 5 heteroatoms. The van der Waals surface area contributed by atoms with Gasteiger partial charge in [-0.05, 0) is 42.3 Å². The zero-order valence-corrected chi connectivity index (χ0v) is 14.3. The first-order valence-electron chi connectivity index (χ1n) is 7.94. The molecule has 0 heterocycles. The van der Waals surface area contributed by atoms with Crippen molar-refractivity contribution >= 4 is 23.2 Å². The topological polar surface area (TPSA) is 61.4 Å². The van der Waals surface area contributed by atoms with Gasteiger partial charge in [-0.1, -0.05) is 25.1 Å². The molecule has 0 spiro atoms. The van der Waals surface area contributed by atoms with Crippen LogP contribution in [0, 0.1) is 0 Å². The fourth-order valence-corrected chi connectivity index (χ4v) is 2.23. The van der Waals surface area contributed by atoms with Gasteiger partial charge in [-0.2, -0.15) is 0 Å². The highest BCUT2D eigenvalue weighted by atomic mass is 16.2. The SMILES string of the molecule is CCc1ccc(NCC(=O)Nc2cccc(C(=O)N(C)C)c2)cc1. The number of hydrogen-bond acceptors (Lipinski definition) is 3. The summed E-state index contributed by atoms with van der Waals surface area (Å²) in [4.78, 5) is 25.5. The van der Waals surface area contributed by atoms with E-state index in [0.29, 0.717) is 11.3 Å². The van der Waals surface area contributed by atoms with Gasteiger partial charge in [-0.15, -0.1) is 0 Å². The highest BCUT2D eigenvalue weighted by Crippen LogP contribution is 2.13. The van der Waals surface area contributed by atoms with E-state index >= 15 is 0 Å². The lowest BCUT2D eigenvalue weighted by Gasteiger charge is -2.12. The predicted octanol–water partition coefficient (Wildman–Crippen LogP) is 3.00. The maximum atomic E-state index is 12.1. The highest BCUT2D eigenvalue weighted by molar-refractivity contribution is 5.97. The van der Waals surface area contributed by atoms with E-state index in [1.54, 1.807) is 38.4 Å². The van der Waals surface area contributed by atoms with E-state index in [1.807, 2.05) is 24.3 Å². The Balaban J connectivity index is 1.92. The van der Waals surface area contributed by atoms with Crippen molar-refractivity contribution in [2.24, 2.45) is 0 Å². The van der Waals surface area contributed by atoms with E-state index in [9.17, 15) is 9.59 Å². The number of carbonyl (C=O) groups is 2. The number of benzene rings is 2. The number of amides is 2. The summed E-state index contributed by atoms with van der Waals surface area (Å²) in [6.07, 6.45) is 0.989. The van der Waals surface area contributed by atoms with Crippen LogP contribution in [0.3, 0.4) is 0 Å². The molecule has 0 saturated heterocycles. The smallest absolute Gasteiger partial charge is 0.253 e. The fourth-order valence-electron chi connectivity index (χ4n) is 2.23. The molecule has 0 radical (unpaired) electrons. The van der Waals surface area contributed by atoms with Crippen LogP contribution in [0.1, 0.15) is 22.8 Å². The third-order valence-electron chi connectivity index (χ3n) is 3.61. The minimum absolute atomic E-state index is 0.0970. The first-order valence-corrected chi connectivity index (χ1v) is 7.94. The van der Waals surface area contributed by atoms with Gasteiger partial charge in [0.1, 0.15) is 0 Å². The van der Waals surface area contributed by atoms with E-state index in [0.717, 1.165) is 12.1 Å². The third-order valence-corrected chi connectivity index (χ3v) is 3.61. The standard InChI is InChI=1S/C19H23N3O2/c1-4-14-8-10-16(11-9-14)20-13-18(23)21-17-7-5-6-15(12-17)19(24)22(2)3/h5-12,20H,4,13H2,1-3H3,(H,21,23). The van der Waals surface area contributed by atoms with E-state index in [2.05, 4.69) is 17.6 Å². The lowest BCUT2D eigenvalue weighted by molar-refractivity contribution is -0.114. The molecule has 0 fully saturated rings. The molecule has 24 heavy (non-hydrogen) atoms. The molecule has 5 nitrogen and oxygen atoms in total. The Morgan fingerprint density at radius 2 is 1.71 bits per heavy atom. The molecule has 0 aliphatic carbocycles. The Kier molecular flexibility index (Phi) is 5.95. The lowest BCUT2D eigenvalue weighted by Crippen LogP contribution is -2.23. The van der Waals surface area contributed by atoms with Gasteiger partial charge in [0.05, 0.1) is 6.54 Å². The van der Waals surface area contributed by atoms with E-state index in [1.165, 1.54) is 10.5 Å². The molecule has 0 aromatic heterocycles. The number of nitrogens with one attached hydrogen (secondary N) is 2. The van der Waals surface area contributed by atoms with Crippen LogP contribution >= 0.6 is 0 Å². The highest BCUT2D eigenvalue weighted by Gasteiger charge is 2.09. The van der Waals surface area contributed by atoms with Crippen LogP contribution in [0.5, 0.6) is 0 Å². The molecule has 2 aromatic carbocycles. The summed E-state index contributed by atoms with van der Waals surface area (Å²) < 4.78 is 0. The average Bonchev–Trinajstić information content (AvgIpc) is 2.60. The lowest BCUT2D eigenvalue weighted by atomic mass is 10.1. The minimum Gasteiger partial charge on any atom is -0.376 e. The summed E-state index contributed by atoms with van der Waals surface area (Å²) in [5.41, 5.74) is 3.31. The van der Waals surface area contributed by atoms with E-state index in [4.69, 9.17) is 0 Å². The molecule has 0 atom stereocenters. The van der Waals surface area contributed by atoms with Crippen molar-refractivity contribution in [1.29, 1.82) is 0 Å². The van der Waals surface area contributed by atoms with E-state index < -0.39 is 0 Å². The van der Waals surface area contributed by atoms with Crippen LogP contribution in [0.25, 0.3) is 0 Å². The summed E-state index contributed by atoms with van der Waals surface area (Å²) in [5.74, 6) is -0.260. The molecule has 0 bridgehead atoms. The Labute approximate surface area is 142 Å². The van der Waals surface area contributed by atoms with Gasteiger partial charge < -0.3 is 15.5 Å². The quantitative estimate of drug-likeness (QED) is 0.858. The maximum Gasteiger partial charge on any atom is 0.253 e. The maximum absolute atomic E-state index is 12.1. The summed E-state index contributed by atoms with van der Waals surface area (Å²) >= 11 is 0. The van der Waals surface area contributed by atoms with Crippen molar-refractivity contribution in [3.63, 3.8) is 0 Å². The number of carbonyl (C=O) groups excluding carboxylic acids is 2. The third kappa shape index (κ3) is 4.84. The summed E-state index contributed by atoms with van der Waals surface area (Å²) in [7, 11) is 3.39.